The van der Waals surface area contributed by atoms with E-state index in [1.807, 2.05) is 0 Å². The summed E-state index contributed by atoms with van der Waals surface area (Å²) in [6, 6.07) is -1.78. The van der Waals surface area contributed by atoms with E-state index >= 15 is 26.3 Å². The Kier molecular flexibility index (Phi) is 15.5. The van der Waals surface area contributed by atoms with Crippen molar-refractivity contribution in [1.82, 2.24) is 0 Å². The van der Waals surface area contributed by atoms with Gasteiger partial charge < -0.3 is 10.2 Å². The fourth-order valence-electron chi connectivity index (χ4n) is 8.56. The molecule has 5 aromatic rings. The summed E-state index contributed by atoms with van der Waals surface area (Å²) in [7, 11) is 0. The largest absolute Gasteiger partial charge is 0.416 e. The molecule has 1 N–H and O–H groups in total. The molecule has 0 spiro atoms. The van der Waals surface area contributed by atoms with Gasteiger partial charge in [-0.3, -0.25) is 0 Å². The first kappa shape index (κ1) is 61.6. The monoisotopic (exact) mass is 1170 g/mol. The summed E-state index contributed by atoms with van der Waals surface area (Å²) < 4.78 is 384. The van der Waals surface area contributed by atoms with Gasteiger partial charge in [0.15, 0.2) is 0 Å². The van der Waals surface area contributed by atoms with Crippen LogP contribution in [0.15, 0.2) is 121 Å². The second kappa shape index (κ2) is 19.9. The average molecular weight is 1170 g/mol. The Labute approximate surface area is 429 Å². The molecule has 6 rings (SSSR count). The third-order valence-corrected chi connectivity index (χ3v) is 12.4. The molecule has 5 aromatic carbocycles. The van der Waals surface area contributed by atoms with Crippen molar-refractivity contribution in [1.29, 1.82) is 0 Å². The van der Waals surface area contributed by atoms with Gasteiger partial charge in [-0.2, -0.15) is 79.0 Å². The van der Waals surface area contributed by atoms with Crippen molar-refractivity contribution in [2.24, 2.45) is 0 Å². The van der Waals surface area contributed by atoms with E-state index in [9.17, 15) is 87.8 Å². The molecule has 0 aliphatic heterocycles. The van der Waals surface area contributed by atoms with Crippen LogP contribution in [0.2, 0.25) is 0 Å². The highest BCUT2D eigenvalue weighted by molar-refractivity contribution is 5.79. The van der Waals surface area contributed by atoms with Gasteiger partial charge in [-0.15, -0.1) is 0 Å². The molecule has 2 atom stereocenters. The molecule has 0 radical (unpaired) electrons. The molecule has 79 heavy (non-hydrogen) atoms. The Hall–Kier alpha value is -6.64. The zero-order chi connectivity index (χ0) is 60.0. The minimum absolute atomic E-state index is 0.0208. The smallest absolute Gasteiger partial charge is 0.378 e. The van der Waals surface area contributed by atoms with Crippen LogP contribution >= 0.6 is 0 Å². The molecule has 430 valence electrons. The first-order valence-corrected chi connectivity index (χ1v) is 22.1. The maximum absolute atomic E-state index is 15.9. The minimum atomic E-state index is -6.75. The lowest BCUT2D eigenvalue weighted by molar-refractivity contribution is -0.289. The van der Waals surface area contributed by atoms with Crippen LogP contribution in [0.3, 0.4) is 0 Å². The van der Waals surface area contributed by atoms with E-state index < -0.39 is 162 Å². The summed E-state index contributed by atoms with van der Waals surface area (Å²) in [5.74, 6) is -19.5. The molecule has 0 bridgehead atoms. The maximum Gasteiger partial charge on any atom is 0.416 e. The van der Waals surface area contributed by atoms with E-state index in [1.165, 1.54) is 0 Å². The van der Waals surface area contributed by atoms with Crippen LogP contribution < -0.4 is 10.2 Å². The Morgan fingerprint density at radius 1 is 0.354 bits per heavy atom. The molecule has 0 amide bonds. The zero-order valence-electron chi connectivity index (χ0n) is 39.9. The van der Waals surface area contributed by atoms with Crippen molar-refractivity contribution in [3.05, 3.63) is 176 Å². The van der Waals surface area contributed by atoms with Crippen molar-refractivity contribution in [3.63, 3.8) is 0 Å². The predicted octanol–water partition coefficient (Wildman–Crippen LogP) is 19.8. The third-order valence-electron chi connectivity index (χ3n) is 12.4. The second-order valence-electron chi connectivity index (χ2n) is 18.5. The first-order valence-electron chi connectivity index (χ1n) is 22.1. The Balaban J connectivity index is 1.68. The molecule has 0 aromatic heterocycles. The number of hydrogen-bond acceptors (Lipinski definition) is 2. The molecular formula is C51H34F26N2. The number of alkyl halides is 26. The highest BCUT2D eigenvalue weighted by Crippen LogP contribution is 2.59. The van der Waals surface area contributed by atoms with Crippen LogP contribution in [0.25, 0.3) is 0 Å². The molecule has 28 heteroatoms. The average Bonchev–Trinajstić information content (AvgIpc) is 3.26. The van der Waals surface area contributed by atoms with Crippen LogP contribution in [-0.2, 0) is 53.8 Å². The third kappa shape index (κ3) is 13.0. The van der Waals surface area contributed by atoms with Crippen molar-refractivity contribution >= 4 is 22.7 Å². The van der Waals surface area contributed by atoms with Crippen LogP contribution in [0.1, 0.15) is 89.2 Å². The summed E-state index contributed by atoms with van der Waals surface area (Å²) >= 11 is 0. The van der Waals surface area contributed by atoms with Gasteiger partial charge in [0.25, 0.3) is 23.7 Å². The van der Waals surface area contributed by atoms with Crippen LogP contribution in [0.5, 0.6) is 0 Å². The quantitative estimate of drug-likeness (QED) is 0.125. The van der Waals surface area contributed by atoms with Crippen molar-refractivity contribution in [2.45, 2.75) is 106 Å². The van der Waals surface area contributed by atoms with Crippen LogP contribution in [0.4, 0.5) is 137 Å². The lowest BCUT2D eigenvalue weighted by Gasteiger charge is -2.41. The summed E-state index contributed by atoms with van der Waals surface area (Å²) in [6.45, 7) is 0.214. The molecule has 1 aliphatic rings. The summed E-state index contributed by atoms with van der Waals surface area (Å²) in [4.78, 5) is 0.0655. The van der Waals surface area contributed by atoms with E-state index in [0.29, 0.717) is 6.07 Å². The first-order chi connectivity index (χ1) is 35.4. The number of nitrogens with one attached hydrogen (secondary N) is 1. The van der Waals surface area contributed by atoms with Gasteiger partial charge in [0.2, 0.25) is 5.41 Å². The van der Waals surface area contributed by atoms with Gasteiger partial charge in [-0.25, -0.2) is 35.1 Å². The lowest BCUT2D eigenvalue weighted by atomic mass is 9.68. The normalized spacial score (nSPS) is 16.8. The highest BCUT2D eigenvalue weighted by atomic mass is 19.4. The predicted molar refractivity (Wildman–Crippen MR) is 233 cm³/mol. The van der Waals surface area contributed by atoms with Gasteiger partial charge in [0.1, 0.15) is 0 Å². The molecule has 0 heterocycles. The van der Waals surface area contributed by atoms with E-state index in [2.05, 4.69) is 5.32 Å². The SMILES string of the molecule is CC(F)(F)c1cc(NC2C=CC(C(c3ccc(N(c4cc(C(C)(F)F)cc(C(F)(F)F)c4)c4cc(C(C)(F)F)cc(C(F)(F)F)c4)cc3)(C(F)(F)F)C(F)(F)F)=CC2c2cc(C(C)(F)F)cc(C(F)(F)F)c2)cc(C(F)(F)F)c1. The number of hydrogen-bond donors (Lipinski definition) is 1. The Morgan fingerprint density at radius 2 is 0.671 bits per heavy atom. The van der Waals surface area contributed by atoms with E-state index in [0.717, 1.165) is 0 Å². The summed E-state index contributed by atoms with van der Waals surface area (Å²) in [5, 5.41) is 2.13. The number of rotatable bonds is 12. The van der Waals surface area contributed by atoms with E-state index in [-0.39, 0.29) is 142 Å². The molecule has 2 unspecified atom stereocenters. The van der Waals surface area contributed by atoms with Gasteiger partial charge in [-0.05, 0) is 102 Å². The van der Waals surface area contributed by atoms with Gasteiger partial charge in [0, 0.05) is 78.6 Å². The lowest BCUT2D eigenvalue weighted by Crippen LogP contribution is -2.55. The molecular weight excluding hydrogens is 1130 g/mol. The standard InChI is InChI=1S/C51H34F26N2/c1-41(52,53)27-11-24(12-31(13-27)46(60,61)62)39-23-26(7-10-40(39)78-35-17-28(42(2,54)55)14-32(18-35)47(63,64)65)45(50(72,73)74,51(75,76)77)25-5-8-36(9-6-25)79(37-19-29(43(3,56)57)15-33(21-37)48(66,67)68)38-20-30(44(4,58)59)16-34(22-38)49(69,70)71/h5-23,39-40,78H,1-4H3. The highest BCUT2D eigenvalue weighted by Gasteiger charge is 2.73. The Morgan fingerprint density at radius 3 is 1.04 bits per heavy atom. The fraction of sp³-hybridized carbons (Fsp3) is 0.333. The summed E-state index contributed by atoms with van der Waals surface area (Å²) in [5.41, 5.74) is -29.5. The molecule has 0 saturated carbocycles. The van der Waals surface area contributed by atoms with Crippen molar-refractivity contribution < 1.29 is 114 Å². The van der Waals surface area contributed by atoms with Crippen molar-refractivity contribution in [2.75, 3.05) is 10.2 Å². The molecule has 0 fully saturated rings. The molecule has 1 aliphatic carbocycles. The van der Waals surface area contributed by atoms with E-state index in [4.69, 9.17) is 0 Å². The van der Waals surface area contributed by atoms with Crippen LogP contribution in [-0.4, -0.2) is 18.4 Å². The number of allylic oxidation sites excluding steroid dienone is 2. The fourth-order valence-corrected chi connectivity index (χ4v) is 8.56. The number of anilines is 4. The maximum atomic E-state index is 15.9. The number of nitrogens with zero attached hydrogens (tertiary/aromatic N) is 1. The minimum Gasteiger partial charge on any atom is -0.378 e. The second-order valence-corrected chi connectivity index (χ2v) is 18.5. The van der Waals surface area contributed by atoms with Crippen molar-refractivity contribution in [3.8, 4) is 0 Å². The van der Waals surface area contributed by atoms with Gasteiger partial charge >= 0.3 is 37.1 Å². The number of halogens is 26. The topological polar surface area (TPSA) is 15.3 Å². The van der Waals surface area contributed by atoms with Gasteiger partial charge in [0.05, 0.1) is 28.3 Å². The number of benzene rings is 5. The molecule has 2 nitrogen and oxygen atoms in total. The zero-order valence-corrected chi connectivity index (χ0v) is 39.9. The summed E-state index contributed by atoms with van der Waals surface area (Å²) in [6.07, 6.45) is -35.6. The van der Waals surface area contributed by atoms with E-state index in [1.54, 1.807) is 0 Å². The van der Waals surface area contributed by atoms with Crippen LogP contribution in [0, 0.1) is 0 Å². The molecule has 0 saturated heterocycles. The van der Waals surface area contributed by atoms with Gasteiger partial charge in [-0.1, -0.05) is 30.4 Å². The Bertz CT molecular complexity index is 2890.